The molecule has 18 heavy (non-hydrogen) atoms. The van der Waals surface area contributed by atoms with E-state index in [2.05, 4.69) is 48.6 Å². The standard InChI is InChI=1S/C16H16ClN/c1-11-4-2-3-5-16(11)18-15-9-12-6-7-14(17)8-13(12)10-15/h2-8,15,18H,9-10H2,1H3. The summed E-state index contributed by atoms with van der Waals surface area (Å²) in [5, 5.41) is 4.47. The van der Waals surface area contributed by atoms with Gasteiger partial charge in [0.05, 0.1) is 0 Å². The number of halogens is 1. The minimum atomic E-state index is 0.486. The molecular formula is C16H16ClN. The lowest BCUT2D eigenvalue weighted by Gasteiger charge is -2.15. The zero-order chi connectivity index (χ0) is 12.5. The van der Waals surface area contributed by atoms with Crippen LogP contribution < -0.4 is 5.32 Å². The van der Waals surface area contributed by atoms with Crippen LogP contribution in [0, 0.1) is 6.92 Å². The lowest BCUT2D eigenvalue weighted by atomic mass is 10.1. The van der Waals surface area contributed by atoms with E-state index in [0.717, 1.165) is 17.9 Å². The molecule has 0 saturated heterocycles. The fourth-order valence-corrected chi connectivity index (χ4v) is 2.84. The minimum Gasteiger partial charge on any atom is -0.381 e. The predicted molar refractivity (Wildman–Crippen MR) is 77.4 cm³/mol. The van der Waals surface area contributed by atoms with Gasteiger partial charge in [-0.25, -0.2) is 0 Å². The minimum absolute atomic E-state index is 0.486. The van der Waals surface area contributed by atoms with E-state index in [-0.39, 0.29) is 0 Å². The van der Waals surface area contributed by atoms with E-state index < -0.39 is 0 Å². The molecule has 0 bridgehead atoms. The lowest BCUT2D eigenvalue weighted by Crippen LogP contribution is -2.19. The molecule has 1 aliphatic carbocycles. The summed E-state index contributed by atoms with van der Waals surface area (Å²) in [7, 11) is 0. The summed E-state index contributed by atoms with van der Waals surface area (Å²) < 4.78 is 0. The first-order valence-electron chi connectivity index (χ1n) is 6.32. The van der Waals surface area contributed by atoms with Crippen LogP contribution in [0.15, 0.2) is 42.5 Å². The molecule has 3 rings (SSSR count). The van der Waals surface area contributed by atoms with Crippen LogP contribution in [0.4, 0.5) is 5.69 Å². The smallest absolute Gasteiger partial charge is 0.0408 e. The van der Waals surface area contributed by atoms with Crippen LogP contribution >= 0.6 is 11.6 Å². The maximum absolute atomic E-state index is 6.04. The van der Waals surface area contributed by atoms with Gasteiger partial charge in [-0.2, -0.15) is 0 Å². The van der Waals surface area contributed by atoms with Gasteiger partial charge >= 0.3 is 0 Å². The van der Waals surface area contributed by atoms with Gasteiger partial charge in [-0.1, -0.05) is 35.9 Å². The predicted octanol–water partition coefficient (Wildman–Crippen LogP) is 4.23. The molecule has 2 aromatic rings. The van der Waals surface area contributed by atoms with Crippen LogP contribution in [0.3, 0.4) is 0 Å². The third-order valence-corrected chi connectivity index (χ3v) is 3.84. The molecule has 1 unspecified atom stereocenters. The second kappa shape index (κ2) is 4.66. The lowest BCUT2D eigenvalue weighted by molar-refractivity contribution is 0.773. The fourth-order valence-electron chi connectivity index (χ4n) is 2.64. The highest BCUT2D eigenvalue weighted by molar-refractivity contribution is 6.30. The summed E-state index contributed by atoms with van der Waals surface area (Å²) in [5.74, 6) is 0. The largest absolute Gasteiger partial charge is 0.381 e. The van der Waals surface area contributed by atoms with Gasteiger partial charge in [-0.05, 0) is 54.7 Å². The Balaban J connectivity index is 1.77. The first-order chi connectivity index (χ1) is 8.72. The number of hydrogen-bond acceptors (Lipinski definition) is 1. The summed E-state index contributed by atoms with van der Waals surface area (Å²) in [5.41, 5.74) is 5.34. The summed E-state index contributed by atoms with van der Waals surface area (Å²) in [6.07, 6.45) is 2.14. The van der Waals surface area contributed by atoms with Gasteiger partial charge in [0.1, 0.15) is 0 Å². The third kappa shape index (κ3) is 2.23. The number of benzene rings is 2. The molecule has 1 nitrogen and oxygen atoms in total. The highest BCUT2D eigenvalue weighted by Crippen LogP contribution is 2.27. The second-order valence-corrected chi connectivity index (χ2v) is 5.41. The highest BCUT2D eigenvalue weighted by Gasteiger charge is 2.21. The van der Waals surface area contributed by atoms with E-state index in [1.165, 1.54) is 22.4 Å². The van der Waals surface area contributed by atoms with Crippen molar-refractivity contribution in [2.24, 2.45) is 0 Å². The number of aryl methyl sites for hydroxylation is 1. The van der Waals surface area contributed by atoms with Gasteiger partial charge in [-0.3, -0.25) is 0 Å². The Hall–Kier alpha value is -1.47. The van der Waals surface area contributed by atoms with Crippen molar-refractivity contribution in [3.05, 3.63) is 64.2 Å². The average Bonchev–Trinajstić information content (AvgIpc) is 2.73. The Morgan fingerprint density at radius 3 is 2.67 bits per heavy atom. The zero-order valence-electron chi connectivity index (χ0n) is 10.4. The van der Waals surface area contributed by atoms with Crippen LogP contribution in [-0.2, 0) is 12.8 Å². The van der Waals surface area contributed by atoms with E-state index in [4.69, 9.17) is 11.6 Å². The van der Waals surface area contributed by atoms with Crippen molar-refractivity contribution in [1.82, 2.24) is 0 Å². The topological polar surface area (TPSA) is 12.0 Å². The number of hydrogen-bond donors (Lipinski definition) is 1. The Morgan fingerprint density at radius 2 is 1.83 bits per heavy atom. The van der Waals surface area contributed by atoms with Gasteiger partial charge in [0, 0.05) is 16.8 Å². The Bertz CT molecular complexity index is 577. The molecule has 2 heteroatoms. The van der Waals surface area contributed by atoms with Gasteiger partial charge < -0.3 is 5.32 Å². The second-order valence-electron chi connectivity index (χ2n) is 4.98. The maximum Gasteiger partial charge on any atom is 0.0408 e. The number of rotatable bonds is 2. The van der Waals surface area contributed by atoms with E-state index >= 15 is 0 Å². The molecule has 0 fully saturated rings. The molecule has 0 radical (unpaired) electrons. The molecule has 0 spiro atoms. The first-order valence-corrected chi connectivity index (χ1v) is 6.69. The molecule has 0 saturated carbocycles. The molecule has 1 atom stereocenters. The van der Waals surface area contributed by atoms with Crippen LogP contribution in [0.1, 0.15) is 16.7 Å². The van der Waals surface area contributed by atoms with Gasteiger partial charge in [0.2, 0.25) is 0 Å². The maximum atomic E-state index is 6.04. The quantitative estimate of drug-likeness (QED) is 0.849. The molecule has 0 amide bonds. The van der Waals surface area contributed by atoms with Crippen LogP contribution in [0.2, 0.25) is 5.02 Å². The van der Waals surface area contributed by atoms with E-state index in [9.17, 15) is 0 Å². The Kier molecular flexibility index (Phi) is 3.00. The molecule has 92 valence electrons. The molecule has 1 aliphatic rings. The highest BCUT2D eigenvalue weighted by atomic mass is 35.5. The molecule has 0 aromatic heterocycles. The Labute approximate surface area is 113 Å². The van der Waals surface area contributed by atoms with Crippen molar-refractivity contribution in [2.75, 3.05) is 5.32 Å². The van der Waals surface area contributed by atoms with Crippen molar-refractivity contribution in [1.29, 1.82) is 0 Å². The Morgan fingerprint density at radius 1 is 1.06 bits per heavy atom. The van der Waals surface area contributed by atoms with E-state index in [1.54, 1.807) is 0 Å². The fraction of sp³-hybridized carbons (Fsp3) is 0.250. The molecule has 2 aromatic carbocycles. The zero-order valence-corrected chi connectivity index (χ0v) is 11.2. The van der Waals surface area contributed by atoms with E-state index in [0.29, 0.717) is 6.04 Å². The summed E-state index contributed by atoms with van der Waals surface area (Å²) >= 11 is 6.04. The van der Waals surface area contributed by atoms with Gasteiger partial charge in [0.25, 0.3) is 0 Å². The average molecular weight is 258 g/mol. The van der Waals surface area contributed by atoms with Crippen LogP contribution in [0.25, 0.3) is 0 Å². The molecule has 1 N–H and O–H groups in total. The number of nitrogens with one attached hydrogen (secondary N) is 1. The van der Waals surface area contributed by atoms with Crippen LogP contribution in [-0.4, -0.2) is 6.04 Å². The molecular weight excluding hydrogens is 242 g/mol. The van der Waals surface area contributed by atoms with Crippen molar-refractivity contribution >= 4 is 17.3 Å². The van der Waals surface area contributed by atoms with Gasteiger partial charge in [0.15, 0.2) is 0 Å². The first kappa shape index (κ1) is 11.6. The molecule has 0 heterocycles. The SMILES string of the molecule is Cc1ccccc1NC1Cc2ccc(Cl)cc2C1. The number of anilines is 1. The number of fused-ring (bicyclic) bond motifs is 1. The van der Waals surface area contributed by atoms with Crippen LogP contribution in [0.5, 0.6) is 0 Å². The van der Waals surface area contributed by atoms with Crippen molar-refractivity contribution in [3.63, 3.8) is 0 Å². The van der Waals surface area contributed by atoms with Crippen molar-refractivity contribution in [3.8, 4) is 0 Å². The summed E-state index contributed by atoms with van der Waals surface area (Å²) in [6, 6.07) is 15.1. The van der Waals surface area contributed by atoms with E-state index in [1.807, 2.05) is 6.07 Å². The van der Waals surface area contributed by atoms with Crippen molar-refractivity contribution in [2.45, 2.75) is 25.8 Å². The molecule has 0 aliphatic heterocycles. The summed E-state index contributed by atoms with van der Waals surface area (Å²) in [6.45, 7) is 2.14. The number of para-hydroxylation sites is 1. The normalized spacial score (nSPS) is 17.6. The van der Waals surface area contributed by atoms with Crippen molar-refractivity contribution < 1.29 is 0 Å². The monoisotopic (exact) mass is 257 g/mol. The third-order valence-electron chi connectivity index (χ3n) is 3.61. The van der Waals surface area contributed by atoms with Gasteiger partial charge in [-0.15, -0.1) is 0 Å². The summed E-state index contributed by atoms with van der Waals surface area (Å²) in [4.78, 5) is 0.